The SMILES string of the molecule is CC(C)(C)OC(=O)N1C2CCC(C2)C1C(=O)N[C@H](C#N)Cc1cc(Br)ccc1F. The Morgan fingerprint density at radius 2 is 2.14 bits per heavy atom. The molecule has 4 atom stereocenters. The van der Waals surface area contributed by atoms with E-state index >= 15 is 0 Å². The molecule has 2 fully saturated rings. The van der Waals surface area contributed by atoms with Gasteiger partial charge in [-0.05, 0) is 69.7 Å². The van der Waals surface area contributed by atoms with Gasteiger partial charge in [0, 0.05) is 16.9 Å². The standard InChI is InChI=1S/C21H25BrFN3O3/c1-21(2,3)29-20(28)26-16-6-4-12(10-16)18(26)19(27)25-15(11-24)9-13-8-14(22)5-7-17(13)23/h5,7-8,12,15-16,18H,4,6,9-10H2,1-3H3,(H,25,27)/t12?,15-,16?,18?/m0/s1. The molecule has 1 aromatic rings. The van der Waals surface area contributed by atoms with Gasteiger partial charge in [0.2, 0.25) is 5.91 Å². The lowest BCUT2D eigenvalue weighted by Crippen LogP contribution is -2.55. The first kappa shape index (κ1) is 21.6. The Bertz CT molecular complexity index is 849. The van der Waals surface area contributed by atoms with E-state index in [2.05, 4.69) is 21.2 Å². The van der Waals surface area contributed by atoms with Crippen LogP contribution in [0.4, 0.5) is 9.18 Å². The second-order valence-corrected chi connectivity index (χ2v) is 9.61. The third-order valence-electron chi connectivity index (χ3n) is 5.36. The normalized spacial score (nSPS) is 24.1. The Hall–Kier alpha value is -2.14. The van der Waals surface area contributed by atoms with Gasteiger partial charge < -0.3 is 10.1 Å². The summed E-state index contributed by atoms with van der Waals surface area (Å²) in [6, 6.07) is 4.94. The third kappa shape index (κ3) is 4.89. The van der Waals surface area contributed by atoms with Crippen LogP contribution in [-0.4, -0.2) is 40.6 Å². The number of nitrogens with one attached hydrogen (secondary N) is 1. The molecule has 0 spiro atoms. The molecule has 3 rings (SSSR count). The van der Waals surface area contributed by atoms with Gasteiger partial charge in [-0.3, -0.25) is 9.69 Å². The Morgan fingerprint density at radius 3 is 2.79 bits per heavy atom. The number of nitrogens with zero attached hydrogens (tertiary/aromatic N) is 2. The second-order valence-electron chi connectivity index (χ2n) is 8.69. The lowest BCUT2D eigenvalue weighted by atomic mass is 9.97. The minimum atomic E-state index is -0.897. The Morgan fingerprint density at radius 1 is 1.41 bits per heavy atom. The highest BCUT2D eigenvalue weighted by molar-refractivity contribution is 9.10. The molecule has 2 aliphatic rings. The Kier molecular flexibility index (Phi) is 6.18. The minimum absolute atomic E-state index is 0.0198. The molecule has 1 saturated carbocycles. The fourth-order valence-corrected chi connectivity index (χ4v) is 4.62. The van der Waals surface area contributed by atoms with Crippen molar-refractivity contribution in [1.29, 1.82) is 5.26 Å². The molecular weight excluding hydrogens is 441 g/mol. The highest BCUT2D eigenvalue weighted by Gasteiger charge is 2.52. The third-order valence-corrected chi connectivity index (χ3v) is 5.86. The minimum Gasteiger partial charge on any atom is -0.444 e. The van der Waals surface area contributed by atoms with E-state index in [-0.39, 0.29) is 24.3 Å². The zero-order chi connectivity index (χ0) is 21.3. The van der Waals surface area contributed by atoms with Gasteiger partial charge in [0.1, 0.15) is 23.5 Å². The van der Waals surface area contributed by atoms with Crippen molar-refractivity contribution in [3.63, 3.8) is 0 Å². The number of benzene rings is 1. The summed E-state index contributed by atoms with van der Waals surface area (Å²) in [5.41, 5.74) is -0.323. The number of carbonyl (C=O) groups is 2. The number of hydrogen-bond donors (Lipinski definition) is 1. The first-order valence-corrected chi connectivity index (χ1v) is 10.5. The molecule has 6 nitrogen and oxygen atoms in total. The Balaban J connectivity index is 1.73. The number of rotatable bonds is 4. The Labute approximate surface area is 178 Å². The van der Waals surface area contributed by atoms with Crippen LogP contribution < -0.4 is 5.32 Å². The highest BCUT2D eigenvalue weighted by Crippen LogP contribution is 2.43. The number of ether oxygens (including phenoxy) is 1. The van der Waals surface area contributed by atoms with Gasteiger partial charge in [-0.25, -0.2) is 9.18 Å². The van der Waals surface area contributed by atoms with Gasteiger partial charge in [0.25, 0.3) is 0 Å². The number of amides is 2. The van der Waals surface area contributed by atoms with Crippen molar-refractivity contribution in [3.8, 4) is 6.07 Å². The predicted octanol–water partition coefficient (Wildman–Crippen LogP) is 3.93. The monoisotopic (exact) mass is 465 g/mol. The van der Waals surface area contributed by atoms with Crippen LogP contribution in [0.3, 0.4) is 0 Å². The smallest absolute Gasteiger partial charge is 0.411 e. The fraction of sp³-hybridized carbons (Fsp3) is 0.571. The average molecular weight is 466 g/mol. The van der Waals surface area contributed by atoms with Crippen LogP contribution in [0.2, 0.25) is 0 Å². The number of carbonyl (C=O) groups excluding carboxylic acids is 2. The van der Waals surface area contributed by atoms with E-state index in [4.69, 9.17) is 4.74 Å². The first-order valence-electron chi connectivity index (χ1n) is 9.74. The maximum atomic E-state index is 14.0. The predicted molar refractivity (Wildman–Crippen MR) is 108 cm³/mol. The van der Waals surface area contributed by atoms with Crippen molar-refractivity contribution in [3.05, 3.63) is 34.1 Å². The topological polar surface area (TPSA) is 82.4 Å². The molecule has 2 bridgehead atoms. The van der Waals surface area contributed by atoms with Crippen molar-refractivity contribution >= 4 is 27.9 Å². The van der Waals surface area contributed by atoms with Crippen molar-refractivity contribution in [2.75, 3.05) is 0 Å². The number of likely N-dealkylation sites (tertiary alicyclic amines) is 1. The van der Waals surface area contributed by atoms with Gasteiger partial charge in [-0.1, -0.05) is 15.9 Å². The molecule has 1 N–H and O–H groups in total. The lowest BCUT2D eigenvalue weighted by molar-refractivity contribution is -0.128. The van der Waals surface area contributed by atoms with Crippen LogP contribution in [0.25, 0.3) is 0 Å². The molecule has 1 aliphatic heterocycles. The summed E-state index contributed by atoms with van der Waals surface area (Å²) in [5, 5.41) is 12.2. The van der Waals surface area contributed by atoms with Crippen molar-refractivity contribution in [2.45, 2.75) is 70.2 Å². The van der Waals surface area contributed by atoms with Gasteiger partial charge in [0.15, 0.2) is 0 Å². The van der Waals surface area contributed by atoms with E-state index < -0.39 is 29.6 Å². The largest absolute Gasteiger partial charge is 0.444 e. The fourth-order valence-electron chi connectivity index (χ4n) is 4.21. The van der Waals surface area contributed by atoms with Crippen molar-refractivity contribution < 1.29 is 18.7 Å². The summed E-state index contributed by atoms with van der Waals surface area (Å²) in [7, 11) is 0. The van der Waals surface area contributed by atoms with Crippen molar-refractivity contribution in [2.24, 2.45) is 5.92 Å². The molecule has 0 aromatic heterocycles. The van der Waals surface area contributed by atoms with E-state index in [1.165, 1.54) is 11.0 Å². The summed E-state index contributed by atoms with van der Waals surface area (Å²) in [6.07, 6.45) is 2.00. The quantitative estimate of drug-likeness (QED) is 0.729. The lowest BCUT2D eigenvalue weighted by Gasteiger charge is -2.35. The molecule has 0 radical (unpaired) electrons. The van der Waals surface area contributed by atoms with E-state index in [1.807, 2.05) is 6.07 Å². The molecule has 1 aliphatic carbocycles. The van der Waals surface area contributed by atoms with E-state index in [9.17, 15) is 19.2 Å². The van der Waals surface area contributed by atoms with Crippen LogP contribution in [0, 0.1) is 23.1 Å². The second kappa shape index (κ2) is 8.31. The summed E-state index contributed by atoms with van der Waals surface area (Å²) in [6.45, 7) is 5.35. The van der Waals surface area contributed by atoms with Crippen LogP contribution in [0.15, 0.2) is 22.7 Å². The van der Waals surface area contributed by atoms with E-state index in [0.717, 1.165) is 19.3 Å². The van der Waals surface area contributed by atoms with Gasteiger partial charge in [0.05, 0.1) is 6.07 Å². The summed E-state index contributed by atoms with van der Waals surface area (Å²) >= 11 is 3.29. The van der Waals surface area contributed by atoms with Crippen LogP contribution in [-0.2, 0) is 16.0 Å². The zero-order valence-corrected chi connectivity index (χ0v) is 18.3. The summed E-state index contributed by atoms with van der Waals surface area (Å²) < 4.78 is 20.2. The van der Waals surface area contributed by atoms with Gasteiger partial charge in [-0.15, -0.1) is 0 Å². The number of nitriles is 1. The first-order chi connectivity index (χ1) is 13.6. The molecule has 156 valence electrons. The number of hydrogen-bond acceptors (Lipinski definition) is 4. The highest BCUT2D eigenvalue weighted by atomic mass is 79.9. The number of fused-ring (bicyclic) bond motifs is 2. The number of piperidine rings is 1. The summed E-state index contributed by atoms with van der Waals surface area (Å²) in [5.74, 6) is -0.766. The molecule has 1 aromatic carbocycles. The number of halogens is 2. The van der Waals surface area contributed by atoms with Gasteiger partial charge >= 0.3 is 6.09 Å². The molecule has 2 amide bonds. The molecular formula is C21H25BrFN3O3. The van der Waals surface area contributed by atoms with Crippen LogP contribution in [0.1, 0.15) is 45.6 Å². The average Bonchev–Trinajstić information content (AvgIpc) is 3.23. The zero-order valence-electron chi connectivity index (χ0n) is 16.7. The molecule has 1 saturated heterocycles. The summed E-state index contributed by atoms with van der Waals surface area (Å²) in [4.78, 5) is 27.2. The molecule has 3 unspecified atom stereocenters. The molecule has 8 heteroatoms. The van der Waals surface area contributed by atoms with Crippen LogP contribution >= 0.6 is 15.9 Å². The molecule has 1 heterocycles. The van der Waals surface area contributed by atoms with Crippen LogP contribution in [0.5, 0.6) is 0 Å². The van der Waals surface area contributed by atoms with E-state index in [1.54, 1.807) is 32.9 Å². The van der Waals surface area contributed by atoms with Crippen molar-refractivity contribution in [1.82, 2.24) is 10.2 Å². The maximum Gasteiger partial charge on any atom is 0.411 e. The van der Waals surface area contributed by atoms with E-state index in [0.29, 0.717) is 10.0 Å². The molecule has 29 heavy (non-hydrogen) atoms. The van der Waals surface area contributed by atoms with Gasteiger partial charge in [-0.2, -0.15) is 5.26 Å². The maximum absolute atomic E-state index is 14.0.